The third-order valence-corrected chi connectivity index (χ3v) is 18.3. The summed E-state index contributed by atoms with van der Waals surface area (Å²) in [5.41, 5.74) is 22.7. The van der Waals surface area contributed by atoms with Crippen LogP contribution in [0.15, 0.2) is 255 Å². The second kappa shape index (κ2) is 21.8. The minimum Gasteiger partial charge on any atom is -0.208 e. The van der Waals surface area contributed by atoms with E-state index in [9.17, 15) is 0 Å². The molecule has 4 aliphatic carbocycles. The van der Waals surface area contributed by atoms with Crippen LogP contribution in [0.4, 0.5) is 0 Å². The minimum atomic E-state index is 0.0530. The average molecular weight is 1080 g/mol. The molecular weight excluding hydrogens is 1020 g/mol. The van der Waals surface area contributed by atoms with Crippen LogP contribution in [0.1, 0.15) is 86.5 Å². The molecule has 404 valence electrons. The van der Waals surface area contributed by atoms with Gasteiger partial charge >= 0.3 is 0 Å². The molecular formula is C78H62N6. The van der Waals surface area contributed by atoms with Crippen molar-refractivity contribution in [2.45, 2.75) is 75.0 Å². The molecule has 2 heterocycles. The molecule has 0 bridgehead atoms. The van der Waals surface area contributed by atoms with Crippen LogP contribution in [-0.4, -0.2) is 29.9 Å². The molecule has 4 aliphatic rings. The molecule has 6 heteroatoms. The Morgan fingerprint density at radius 1 is 0.202 bits per heavy atom. The Morgan fingerprint density at radius 3 is 0.929 bits per heavy atom. The van der Waals surface area contributed by atoms with Gasteiger partial charge in [-0.05, 0) is 98.5 Å². The number of aromatic nitrogens is 6. The summed E-state index contributed by atoms with van der Waals surface area (Å²) in [6, 6.07) is 90.2. The predicted molar refractivity (Wildman–Crippen MR) is 342 cm³/mol. The quantitative estimate of drug-likeness (QED) is 0.151. The second-order valence-electron chi connectivity index (χ2n) is 23.0. The first-order valence-electron chi connectivity index (χ1n) is 30.0. The van der Waals surface area contributed by atoms with Gasteiger partial charge in [-0.2, -0.15) is 0 Å². The number of fused-ring (bicyclic) bond motifs is 10. The highest BCUT2D eigenvalue weighted by molar-refractivity contribution is 5.93. The van der Waals surface area contributed by atoms with Crippen LogP contribution in [0.25, 0.3) is 113 Å². The molecule has 2 spiro atoms. The summed E-state index contributed by atoms with van der Waals surface area (Å²) in [7, 11) is 0. The van der Waals surface area contributed by atoms with E-state index in [1.165, 1.54) is 131 Å². The van der Waals surface area contributed by atoms with Crippen molar-refractivity contribution in [3.05, 3.63) is 277 Å². The van der Waals surface area contributed by atoms with Gasteiger partial charge in [-0.15, -0.1) is 0 Å². The van der Waals surface area contributed by atoms with Crippen LogP contribution >= 0.6 is 0 Å². The van der Waals surface area contributed by atoms with Crippen LogP contribution < -0.4 is 0 Å². The van der Waals surface area contributed by atoms with E-state index < -0.39 is 0 Å². The van der Waals surface area contributed by atoms with Crippen molar-refractivity contribution in [1.29, 1.82) is 0 Å². The van der Waals surface area contributed by atoms with E-state index in [4.69, 9.17) is 29.9 Å². The molecule has 2 saturated carbocycles. The number of rotatable bonds is 8. The zero-order valence-electron chi connectivity index (χ0n) is 47.0. The molecule has 0 radical (unpaired) electrons. The third kappa shape index (κ3) is 9.05. The fourth-order valence-electron chi connectivity index (χ4n) is 14.5. The van der Waals surface area contributed by atoms with E-state index in [1.54, 1.807) is 0 Å². The van der Waals surface area contributed by atoms with Crippen LogP contribution in [0.3, 0.4) is 0 Å². The Labute approximate surface area is 492 Å². The van der Waals surface area contributed by atoms with Crippen molar-refractivity contribution >= 4 is 0 Å². The molecule has 6 nitrogen and oxygen atoms in total. The van der Waals surface area contributed by atoms with E-state index in [0.717, 1.165) is 33.4 Å². The number of benzene rings is 10. The van der Waals surface area contributed by atoms with Gasteiger partial charge in [0.05, 0.1) is 0 Å². The maximum Gasteiger partial charge on any atom is 0.164 e. The van der Waals surface area contributed by atoms with E-state index >= 15 is 0 Å². The summed E-state index contributed by atoms with van der Waals surface area (Å²) in [5, 5.41) is 0. The lowest BCUT2D eigenvalue weighted by molar-refractivity contribution is 0.353. The van der Waals surface area contributed by atoms with Gasteiger partial charge in [-0.3, -0.25) is 0 Å². The van der Waals surface area contributed by atoms with E-state index in [1.807, 2.05) is 72.8 Å². The van der Waals surface area contributed by atoms with Gasteiger partial charge in [0.2, 0.25) is 0 Å². The number of hydrogen-bond donors (Lipinski definition) is 0. The summed E-state index contributed by atoms with van der Waals surface area (Å²) < 4.78 is 0. The molecule has 0 saturated heterocycles. The molecule has 10 aromatic carbocycles. The van der Waals surface area contributed by atoms with Gasteiger partial charge in [-0.1, -0.05) is 287 Å². The Morgan fingerprint density at radius 2 is 0.488 bits per heavy atom. The Balaban J connectivity index is 0.000000143. The summed E-state index contributed by atoms with van der Waals surface area (Å²) in [5.74, 6) is 4.12. The Hall–Kier alpha value is -9.78. The molecule has 0 amide bonds. The molecule has 2 fully saturated rings. The first-order valence-corrected chi connectivity index (χ1v) is 30.0. The third-order valence-electron chi connectivity index (χ3n) is 18.3. The predicted octanol–water partition coefficient (Wildman–Crippen LogP) is 19.5. The molecule has 2 aromatic heterocycles. The van der Waals surface area contributed by atoms with Crippen molar-refractivity contribution in [1.82, 2.24) is 29.9 Å². The molecule has 12 aromatic rings. The largest absolute Gasteiger partial charge is 0.208 e. The summed E-state index contributed by atoms with van der Waals surface area (Å²) in [4.78, 5) is 30.0. The first kappa shape index (κ1) is 51.1. The zero-order chi connectivity index (χ0) is 55.9. The number of hydrogen-bond acceptors (Lipinski definition) is 6. The lowest BCUT2D eigenvalue weighted by atomic mass is 9.66. The van der Waals surface area contributed by atoms with E-state index in [0.29, 0.717) is 34.9 Å². The van der Waals surface area contributed by atoms with Crippen LogP contribution in [0, 0.1) is 0 Å². The van der Waals surface area contributed by atoms with Crippen molar-refractivity contribution in [3.8, 4) is 113 Å². The van der Waals surface area contributed by atoms with E-state index in [2.05, 4.69) is 182 Å². The van der Waals surface area contributed by atoms with Gasteiger partial charge in [0.1, 0.15) is 0 Å². The molecule has 16 rings (SSSR count). The minimum absolute atomic E-state index is 0.0530. The monoisotopic (exact) mass is 1080 g/mol. The lowest BCUT2D eigenvalue weighted by Gasteiger charge is -2.37. The van der Waals surface area contributed by atoms with Crippen LogP contribution in [0.2, 0.25) is 0 Å². The van der Waals surface area contributed by atoms with Crippen molar-refractivity contribution in [2.75, 3.05) is 0 Å². The van der Waals surface area contributed by atoms with Crippen LogP contribution in [0.5, 0.6) is 0 Å². The molecule has 0 aliphatic heterocycles. The molecule has 0 atom stereocenters. The zero-order valence-corrected chi connectivity index (χ0v) is 47.0. The van der Waals surface area contributed by atoms with E-state index in [-0.39, 0.29) is 10.8 Å². The molecule has 84 heavy (non-hydrogen) atoms. The normalized spacial score (nSPS) is 14.9. The topological polar surface area (TPSA) is 77.3 Å². The van der Waals surface area contributed by atoms with Crippen molar-refractivity contribution < 1.29 is 0 Å². The standard InChI is InChI=1S/2C39H31N3/c1-4-15-27(16-5-1)36-40-37(28-17-6-2-7-18-28)42-38(41-36)33-21-9-8-19-29(33)31-22-14-23-32-30-20-10-11-24-34(30)39(35(31)32)25-12-3-13-26-39;1-4-14-27(15-5-1)36-40-37(28-16-6-2-7-17-28)42-38(41-36)30-19-12-18-29(26-30)31-21-13-22-33-32-20-8-9-23-34(32)39(35(31)33)24-10-3-11-25-39/h1-2,4-11,14-24H,3,12-13,25-26H2;1-2,4-9,12-23,26H,3,10-11,24-25H2. The highest BCUT2D eigenvalue weighted by atomic mass is 15.0. The summed E-state index contributed by atoms with van der Waals surface area (Å²) in [6.07, 6.45) is 12.5. The summed E-state index contributed by atoms with van der Waals surface area (Å²) >= 11 is 0. The van der Waals surface area contributed by atoms with Gasteiger partial charge in [0.15, 0.2) is 34.9 Å². The maximum atomic E-state index is 5.10. The van der Waals surface area contributed by atoms with Gasteiger partial charge < -0.3 is 0 Å². The van der Waals surface area contributed by atoms with Crippen molar-refractivity contribution in [3.63, 3.8) is 0 Å². The highest BCUT2D eigenvalue weighted by Crippen LogP contribution is 2.60. The Kier molecular flexibility index (Phi) is 13.3. The molecule has 0 N–H and O–H groups in total. The van der Waals surface area contributed by atoms with Crippen molar-refractivity contribution in [2.24, 2.45) is 0 Å². The maximum absolute atomic E-state index is 5.10. The van der Waals surface area contributed by atoms with Crippen LogP contribution in [-0.2, 0) is 10.8 Å². The Bertz CT molecular complexity index is 4260. The average Bonchev–Trinajstić information content (AvgIpc) is 2.00. The second-order valence-corrected chi connectivity index (χ2v) is 23.0. The fraction of sp³-hybridized carbons (Fsp3) is 0.154. The summed E-state index contributed by atoms with van der Waals surface area (Å²) in [6.45, 7) is 0. The highest BCUT2D eigenvalue weighted by Gasteiger charge is 2.46. The smallest absolute Gasteiger partial charge is 0.164 e. The van der Waals surface area contributed by atoms with Gasteiger partial charge in [-0.25, -0.2) is 29.9 Å². The molecule has 0 unspecified atom stereocenters. The van der Waals surface area contributed by atoms with Gasteiger partial charge in [0.25, 0.3) is 0 Å². The SMILES string of the molecule is c1ccc(-c2nc(-c3ccccc3)nc(-c3cccc(-c4cccc5c4C4(CCCCC4)c4ccccc4-5)c3)n2)cc1.c1ccc(-c2nc(-c3ccccc3)nc(-c3ccccc3-c3cccc4c3C3(CCCCC3)c3ccccc3-4)n2)cc1. The first-order chi connectivity index (χ1) is 41.6. The lowest BCUT2D eigenvalue weighted by Crippen LogP contribution is -2.28. The number of nitrogens with zero attached hydrogens (tertiary/aromatic N) is 6. The van der Waals surface area contributed by atoms with Gasteiger partial charge in [0, 0.05) is 44.2 Å². The fourth-order valence-corrected chi connectivity index (χ4v) is 14.5.